The van der Waals surface area contributed by atoms with Crippen molar-refractivity contribution in [2.24, 2.45) is 5.92 Å². The summed E-state index contributed by atoms with van der Waals surface area (Å²) in [6.45, 7) is 0.0846. The van der Waals surface area contributed by atoms with Crippen molar-refractivity contribution in [2.75, 3.05) is 20.4 Å². The highest BCUT2D eigenvalue weighted by molar-refractivity contribution is 6.01. The van der Waals surface area contributed by atoms with Crippen LogP contribution in [0.1, 0.15) is 17.2 Å². The van der Waals surface area contributed by atoms with E-state index in [1.54, 1.807) is 19.2 Å². The first kappa shape index (κ1) is 14.3. The van der Waals surface area contributed by atoms with Gasteiger partial charge in [0.05, 0.1) is 12.2 Å². The van der Waals surface area contributed by atoms with E-state index in [1.807, 2.05) is 12.2 Å². The Kier molecular flexibility index (Phi) is 2.68. The van der Waals surface area contributed by atoms with Gasteiger partial charge in [0.1, 0.15) is 17.4 Å². The molecule has 7 heteroatoms. The van der Waals surface area contributed by atoms with E-state index in [1.165, 1.54) is 0 Å². The zero-order valence-electron chi connectivity index (χ0n) is 13.0. The van der Waals surface area contributed by atoms with Crippen molar-refractivity contribution in [2.45, 2.75) is 23.7 Å². The highest BCUT2D eigenvalue weighted by atomic mass is 16.7. The molecular weight excluding hydrogens is 314 g/mol. The fraction of sp³-hybridized carbons (Fsp3) is 0.471. The Morgan fingerprint density at radius 1 is 1.29 bits per heavy atom. The molecule has 2 N–H and O–H groups in total. The average Bonchev–Trinajstić information content (AvgIpc) is 3.14. The number of benzene rings is 1. The molecule has 2 heterocycles. The summed E-state index contributed by atoms with van der Waals surface area (Å²) in [6, 6.07) is 3.52. The van der Waals surface area contributed by atoms with Crippen LogP contribution in [0.3, 0.4) is 0 Å². The average molecular weight is 331 g/mol. The molecule has 0 aromatic heterocycles. The molecule has 5 rings (SSSR count). The molecule has 0 saturated heterocycles. The van der Waals surface area contributed by atoms with Crippen LogP contribution in [0.5, 0.6) is 11.5 Å². The quantitative estimate of drug-likeness (QED) is 0.435. The van der Waals surface area contributed by atoms with Gasteiger partial charge in [-0.05, 0) is 23.3 Å². The van der Waals surface area contributed by atoms with Crippen LogP contribution in [0.2, 0.25) is 0 Å². The lowest BCUT2D eigenvalue weighted by Gasteiger charge is -2.44. The maximum absolute atomic E-state index is 12.5. The second-order valence-electron chi connectivity index (χ2n) is 6.65. The Balaban J connectivity index is 1.84. The summed E-state index contributed by atoms with van der Waals surface area (Å²) >= 11 is 0. The van der Waals surface area contributed by atoms with Crippen molar-refractivity contribution in [1.29, 1.82) is 0 Å². The number of fused-ring (bicyclic) bond motifs is 2. The van der Waals surface area contributed by atoms with Gasteiger partial charge in [0.25, 0.3) is 0 Å². The number of ether oxygens (including phenoxy) is 3. The number of hydroxylamine groups is 1. The third-order valence-electron chi connectivity index (χ3n) is 5.70. The maximum atomic E-state index is 12.5. The Bertz CT molecular complexity index is 803. The fourth-order valence-electron chi connectivity index (χ4n) is 4.65. The first-order valence-electron chi connectivity index (χ1n) is 7.92. The highest BCUT2D eigenvalue weighted by Gasteiger charge is 2.64. The van der Waals surface area contributed by atoms with Crippen LogP contribution in [0.15, 0.2) is 24.3 Å². The molecule has 0 amide bonds. The third-order valence-corrected chi connectivity index (χ3v) is 5.70. The number of nitrogens with zero attached hydrogens (tertiary/aromatic N) is 1. The molecule has 2 bridgehead atoms. The van der Waals surface area contributed by atoms with E-state index < -0.39 is 29.6 Å². The molecular formula is C17H17NO6. The van der Waals surface area contributed by atoms with E-state index in [0.717, 1.165) is 4.74 Å². The number of hydrogen-bond donors (Lipinski definition) is 2. The lowest BCUT2D eigenvalue weighted by Crippen LogP contribution is -2.56. The van der Waals surface area contributed by atoms with Gasteiger partial charge in [-0.3, -0.25) is 0 Å². The number of hydrogen-bond acceptors (Lipinski definition) is 6. The normalized spacial score (nSPS) is 38.3. The molecule has 0 unspecified atom stereocenters. The number of β-amino-alcohol motifs (C(OH)–C–C–N with tert-alkyl or cyclic N) is 1. The molecule has 7 nitrogen and oxygen atoms in total. The minimum Gasteiger partial charge on any atom is -0.624 e. The zero-order valence-corrected chi connectivity index (χ0v) is 13.0. The molecule has 126 valence electrons. The summed E-state index contributed by atoms with van der Waals surface area (Å²) in [5.41, 5.74) is 0.857. The third kappa shape index (κ3) is 1.46. The van der Waals surface area contributed by atoms with E-state index in [4.69, 9.17) is 14.2 Å². The fourth-order valence-corrected chi connectivity index (χ4v) is 4.65. The molecule has 5 atom stereocenters. The van der Waals surface area contributed by atoms with E-state index >= 15 is 0 Å². The number of rotatable bonds is 1. The molecule has 2 aliphatic carbocycles. The first-order chi connectivity index (χ1) is 11.6. The molecule has 2 aliphatic heterocycles. The van der Waals surface area contributed by atoms with Gasteiger partial charge in [0.15, 0.2) is 23.8 Å². The molecule has 4 aliphatic rings. The van der Waals surface area contributed by atoms with Gasteiger partial charge < -0.3 is 29.6 Å². The summed E-state index contributed by atoms with van der Waals surface area (Å²) in [5, 5.41) is 34.2. The maximum Gasteiger partial charge on any atom is 0.231 e. The monoisotopic (exact) mass is 331 g/mol. The number of aliphatic hydroxyl groups excluding tert-OH is 2. The minimum absolute atomic E-state index is 0.0345. The number of methoxy groups -OCH3 is 1. The second-order valence-corrected chi connectivity index (χ2v) is 6.65. The molecule has 24 heavy (non-hydrogen) atoms. The van der Waals surface area contributed by atoms with Crippen LogP contribution in [-0.2, 0) is 10.2 Å². The summed E-state index contributed by atoms with van der Waals surface area (Å²) in [7, 11) is 1.55. The van der Waals surface area contributed by atoms with Gasteiger partial charge in [0.2, 0.25) is 6.79 Å². The predicted molar refractivity (Wildman–Crippen MR) is 82.1 cm³/mol. The summed E-state index contributed by atoms with van der Waals surface area (Å²) in [5.74, 6) is 0.588. The lowest BCUT2D eigenvalue weighted by molar-refractivity contribution is -0.459. The van der Waals surface area contributed by atoms with Crippen LogP contribution in [0.4, 0.5) is 0 Å². The Morgan fingerprint density at radius 3 is 2.79 bits per heavy atom. The van der Waals surface area contributed by atoms with Gasteiger partial charge >= 0.3 is 0 Å². The van der Waals surface area contributed by atoms with E-state index in [2.05, 4.69) is 0 Å². The summed E-state index contributed by atoms with van der Waals surface area (Å²) < 4.78 is 17.2. The largest absolute Gasteiger partial charge is 0.624 e. The first-order valence-corrected chi connectivity index (χ1v) is 7.92. The standard InChI is InChI=1S/C17H17NO6/c1-22-10-2-3-17-9-5-12-11(23-7-24-12)4-8(9)15(20)14(10)16(17)18(21)6-13(17)19/h2-5,10,13-15,19-20H,6-7H2,1H3/t10-,13+,14-,15+,17-/m1/s1. The molecule has 1 aromatic carbocycles. The lowest BCUT2D eigenvalue weighted by atomic mass is 9.58. The molecule has 1 aromatic rings. The molecule has 0 fully saturated rings. The van der Waals surface area contributed by atoms with Crippen molar-refractivity contribution in [3.63, 3.8) is 0 Å². The SMILES string of the molecule is CO[C@@H]1C=C[C@]23C(=[N+]([O-])C[C@@H]2O)[C@H]1[C@@H](O)c1cc2c(cc13)OCO2. The van der Waals surface area contributed by atoms with Crippen LogP contribution in [0.25, 0.3) is 0 Å². The van der Waals surface area contributed by atoms with Crippen LogP contribution >= 0.6 is 0 Å². The van der Waals surface area contributed by atoms with Crippen molar-refractivity contribution in [1.82, 2.24) is 0 Å². The van der Waals surface area contributed by atoms with Crippen molar-refractivity contribution < 1.29 is 29.2 Å². The van der Waals surface area contributed by atoms with Gasteiger partial charge in [-0.1, -0.05) is 12.2 Å². The number of aliphatic hydroxyl groups is 2. The van der Waals surface area contributed by atoms with Crippen LogP contribution < -0.4 is 9.47 Å². The van der Waals surface area contributed by atoms with E-state index in [-0.39, 0.29) is 13.3 Å². The minimum atomic E-state index is -0.947. The zero-order chi connectivity index (χ0) is 16.6. The Hall–Kier alpha value is -2.09. The predicted octanol–water partition coefficient (Wildman–Crippen LogP) is 0.227. The topological polar surface area (TPSA) is 94.2 Å². The van der Waals surface area contributed by atoms with Gasteiger partial charge in [-0.2, -0.15) is 0 Å². The van der Waals surface area contributed by atoms with Gasteiger partial charge in [0, 0.05) is 7.11 Å². The van der Waals surface area contributed by atoms with Crippen molar-refractivity contribution in [3.05, 3.63) is 40.6 Å². The van der Waals surface area contributed by atoms with Crippen molar-refractivity contribution in [3.8, 4) is 11.5 Å². The van der Waals surface area contributed by atoms with Gasteiger partial charge in [-0.25, -0.2) is 4.74 Å². The smallest absolute Gasteiger partial charge is 0.231 e. The highest BCUT2D eigenvalue weighted by Crippen LogP contribution is 2.54. The van der Waals surface area contributed by atoms with Crippen molar-refractivity contribution >= 4 is 5.71 Å². The molecule has 0 radical (unpaired) electrons. The van der Waals surface area contributed by atoms with E-state index in [9.17, 15) is 15.4 Å². The van der Waals surface area contributed by atoms with E-state index in [0.29, 0.717) is 28.3 Å². The van der Waals surface area contributed by atoms with Crippen LogP contribution in [-0.4, -0.2) is 53.3 Å². The Morgan fingerprint density at radius 2 is 2.04 bits per heavy atom. The van der Waals surface area contributed by atoms with Crippen LogP contribution in [0, 0.1) is 11.1 Å². The molecule has 0 saturated carbocycles. The summed E-state index contributed by atoms with van der Waals surface area (Å²) in [6.07, 6.45) is 1.42. The Labute approximate surface area is 138 Å². The second kappa shape index (κ2) is 4.50. The van der Waals surface area contributed by atoms with Gasteiger partial charge in [-0.15, -0.1) is 0 Å². The summed E-state index contributed by atoms with van der Waals surface area (Å²) in [4.78, 5) is 0. The molecule has 0 spiro atoms.